The summed E-state index contributed by atoms with van der Waals surface area (Å²) in [5.74, 6) is -1.37. The second kappa shape index (κ2) is 8.89. The summed E-state index contributed by atoms with van der Waals surface area (Å²) in [5.41, 5.74) is 0.861. The molecule has 0 spiro atoms. The van der Waals surface area contributed by atoms with E-state index in [1.54, 1.807) is 0 Å². The number of rotatable bonds is 6. The molecule has 1 N–H and O–H groups in total. The van der Waals surface area contributed by atoms with Crippen LogP contribution in [0.3, 0.4) is 0 Å². The van der Waals surface area contributed by atoms with Gasteiger partial charge in [0, 0.05) is 22.7 Å². The quantitative estimate of drug-likeness (QED) is 0.355. The summed E-state index contributed by atoms with van der Waals surface area (Å²) in [6.45, 7) is -0.607. The molecule has 1 heterocycles. The Bertz CT molecular complexity index is 1160. The van der Waals surface area contributed by atoms with Gasteiger partial charge >= 0.3 is 5.97 Å². The van der Waals surface area contributed by atoms with E-state index in [0.717, 1.165) is 0 Å². The Kier molecular flexibility index (Phi) is 6.10. The second-order valence-corrected chi connectivity index (χ2v) is 6.33. The third-order valence-corrected chi connectivity index (χ3v) is 4.12. The van der Waals surface area contributed by atoms with Gasteiger partial charge in [0.2, 0.25) is 5.76 Å². The number of hydrogen-bond donors (Lipinski definition) is 1. The molecule has 0 saturated heterocycles. The SMILES string of the molecule is N#Cc1ccc(Cl)cc1NC(=O)COC(=O)c1ccc(-c2ccc([N+](=O)[O-])cc2)o1. The zero-order valence-corrected chi connectivity index (χ0v) is 15.9. The maximum absolute atomic E-state index is 12.1. The number of ether oxygens (including phenoxy) is 1. The Labute approximate surface area is 174 Å². The number of nitro benzene ring substituents is 1. The minimum atomic E-state index is -0.870. The number of furan rings is 1. The van der Waals surface area contributed by atoms with E-state index in [2.05, 4.69) is 5.32 Å². The summed E-state index contributed by atoms with van der Waals surface area (Å²) in [6, 6.07) is 14.7. The van der Waals surface area contributed by atoms with Crippen molar-refractivity contribution < 1.29 is 23.7 Å². The molecule has 3 aromatic rings. The van der Waals surface area contributed by atoms with Crippen molar-refractivity contribution in [2.75, 3.05) is 11.9 Å². The third-order valence-electron chi connectivity index (χ3n) is 3.88. The van der Waals surface area contributed by atoms with Crippen molar-refractivity contribution in [3.05, 3.63) is 81.1 Å². The Balaban J connectivity index is 1.60. The van der Waals surface area contributed by atoms with Crippen LogP contribution >= 0.6 is 11.6 Å². The first-order valence-corrected chi connectivity index (χ1v) is 8.76. The Morgan fingerprint density at radius 3 is 2.57 bits per heavy atom. The lowest BCUT2D eigenvalue weighted by molar-refractivity contribution is -0.384. The topological polar surface area (TPSA) is 135 Å². The average Bonchev–Trinajstić information content (AvgIpc) is 3.22. The average molecular weight is 426 g/mol. The fraction of sp³-hybridized carbons (Fsp3) is 0.0500. The predicted octanol–water partition coefficient (Wildman–Crippen LogP) is 4.18. The minimum absolute atomic E-state index is 0.0739. The first kappa shape index (κ1) is 20.6. The molecular formula is C20H12ClN3O6. The normalized spacial score (nSPS) is 10.1. The van der Waals surface area contributed by atoms with Crippen LogP contribution in [0.15, 0.2) is 59.0 Å². The zero-order valence-electron chi connectivity index (χ0n) is 15.1. The van der Waals surface area contributed by atoms with Crippen LogP contribution in [-0.2, 0) is 9.53 Å². The maximum atomic E-state index is 12.1. The van der Waals surface area contributed by atoms with Crippen molar-refractivity contribution in [2.45, 2.75) is 0 Å². The van der Waals surface area contributed by atoms with E-state index in [9.17, 15) is 19.7 Å². The molecule has 0 aliphatic rings. The number of benzene rings is 2. The number of anilines is 1. The Hall–Kier alpha value is -4.16. The van der Waals surface area contributed by atoms with Gasteiger partial charge in [0.1, 0.15) is 11.8 Å². The van der Waals surface area contributed by atoms with E-state index < -0.39 is 23.4 Å². The van der Waals surface area contributed by atoms with E-state index in [0.29, 0.717) is 16.3 Å². The number of carbonyl (C=O) groups is 2. The van der Waals surface area contributed by atoms with Crippen LogP contribution in [0.5, 0.6) is 0 Å². The second-order valence-electron chi connectivity index (χ2n) is 5.89. The third kappa shape index (κ3) is 4.81. The lowest BCUT2D eigenvalue weighted by Gasteiger charge is -2.07. The van der Waals surface area contributed by atoms with E-state index in [4.69, 9.17) is 26.0 Å². The zero-order chi connectivity index (χ0) is 21.7. The highest BCUT2D eigenvalue weighted by Crippen LogP contribution is 2.25. The van der Waals surface area contributed by atoms with Gasteiger partial charge in [-0.1, -0.05) is 11.6 Å². The number of nitrogens with zero attached hydrogens (tertiary/aromatic N) is 2. The summed E-state index contributed by atoms with van der Waals surface area (Å²) in [4.78, 5) is 34.3. The molecule has 0 unspecified atom stereocenters. The van der Waals surface area contributed by atoms with Crippen molar-refractivity contribution in [1.82, 2.24) is 0 Å². The molecule has 1 amide bonds. The van der Waals surface area contributed by atoms with Crippen LogP contribution in [0.4, 0.5) is 11.4 Å². The van der Waals surface area contributed by atoms with Gasteiger partial charge in [0.15, 0.2) is 6.61 Å². The summed E-state index contributed by atoms with van der Waals surface area (Å²) in [6.07, 6.45) is 0. The fourth-order valence-electron chi connectivity index (χ4n) is 2.46. The van der Waals surface area contributed by atoms with Crippen LogP contribution in [-0.4, -0.2) is 23.4 Å². The molecule has 9 nitrogen and oxygen atoms in total. The van der Waals surface area contributed by atoms with Gasteiger partial charge < -0.3 is 14.5 Å². The van der Waals surface area contributed by atoms with Gasteiger partial charge in [-0.2, -0.15) is 5.26 Å². The highest BCUT2D eigenvalue weighted by Gasteiger charge is 2.17. The largest absolute Gasteiger partial charge is 0.450 e. The van der Waals surface area contributed by atoms with Crippen LogP contribution in [0, 0.1) is 21.4 Å². The van der Waals surface area contributed by atoms with E-state index >= 15 is 0 Å². The molecule has 10 heteroatoms. The number of carbonyl (C=O) groups excluding carboxylic acids is 2. The van der Waals surface area contributed by atoms with Gasteiger partial charge in [0.25, 0.3) is 11.6 Å². The fourth-order valence-corrected chi connectivity index (χ4v) is 2.63. The van der Waals surface area contributed by atoms with Crippen LogP contribution < -0.4 is 5.32 Å². The molecule has 3 rings (SSSR count). The first-order valence-electron chi connectivity index (χ1n) is 8.38. The van der Waals surface area contributed by atoms with Gasteiger partial charge in [-0.25, -0.2) is 4.79 Å². The maximum Gasteiger partial charge on any atom is 0.374 e. The molecule has 150 valence electrons. The number of esters is 1. The molecule has 0 aliphatic carbocycles. The molecule has 0 saturated carbocycles. The molecule has 0 radical (unpaired) electrons. The van der Waals surface area contributed by atoms with Crippen molar-refractivity contribution in [3.8, 4) is 17.4 Å². The number of nitro groups is 1. The summed E-state index contributed by atoms with van der Waals surface area (Å²) < 4.78 is 10.3. The predicted molar refractivity (Wildman–Crippen MR) is 106 cm³/mol. The minimum Gasteiger partial charge on any atom is -0.450 e. The summed E-state index contributed by atoms with van der Waals surface area (Å²) >= 11 is 5.85. The molecule has 1 aromatic heterocycles. The van der Waals surface area contributed by atoms with Gasteiger partial charge in [-0.05, 0) is 42.5 Å². The smallest absolute Gasteiger partial charge is 0.374 e. The molecule has 0 aliphatic heterocycles. The van der Waals surface area contributed by atoms with Crippen LogP contribution in [0.25, 0.3) is 11.3 Å². The number of nitriles is 1. The lowest BCUT2D eigenvalue weighted by atomic mass is 10.1. The van der Waals surface area contributed by atoms with Crippen molar-refractivity contribution in [3.63, 3.8) is 0 Å². The first-order chi connectivity index (χ1) is 14.4. The Morgan fingerprint density at radius 2 is 1.90 bits per heavy atom. The number of amides is 1. The van der Waals surface area contributed by atoms with E-state index in [1.165, 1.54) is 54.6 Å². The standard InChI is InChI=1S/C20H12ClN3O6/c21-14-4-1-13(10-22)16(9-14)23-19(25)11-29-20(26)18-8-7-17(30-18)12-2-5-15(6-3-12)24(27)28/h1-9H,11H2,(H,23,25). The number of non-ortho nitro benzene ring substituents is 1. The molecule has 2 aromatic carbocycles. The monoisotopic (exact) mass is 425 g/mol. The highest BCUT2D eigenvalue weighted by molar-refractivity contribution is 6.31. The number of halogens is 1. The highest BCUT2D eigenvalue weighted by atomic mass is 35.5. The number of hydrogen-bond acceptors (Lipinski definition) is 7. The number of nitrogens with one attached hydrogen (secondary N) is 1. The van der Waals surface area contributed by atoms with E-state index in [1.807, 2.05) is 6.07 Å². The molecule has 30 heavy (non-hydrogen) atoms. The van der Waals surface area contributed by atoms with Crippen LogP contribution in [0.1, 0.15) is 16.1 Å². The van der Waals surface area contributed by atoms with Crippen LogP contribution in [0.2, 0.25) is 5.02 Å². The van der Waals surface area contributed by atoms with Crippen molar-refractivity contribution in [1.29, 1.82) is 5.26 Å². The molecule has 0 bridgehead atoms. The Morgan fingerprint density at radius 1 is 1.17 bits per heavy atom. The van der Waals surface area contributed by atoms with Gasteiger partial charge in [0.05, 0.1) is 16.2 Å². The lowest BCUT2D eigenvalue weighted by Crippen LogP contribution is -2.21. The summed E-state index contributed by atoms with van der Waals surface area (Å²) in [5, 5.41) is 22.5. The molecule has 0 atom stereocenters. The van der Waals surface area contributed by atoms with Crippen molar-refractivity contribution in [2.24, 2.45) is 0 Å². The van der Waals surface area contributed by atoms with Gasteiger partial charge in [-0.15, -0.1) is 0 Å². The summed E-state index contributed by atoms with van der Waals surface area (Å²) in [7, 11) is 0. The van der Waals surface area contributed by atoms with Crippen molar-refractivity contribution >= 4 is 34.9 Å². The van der Waals surface area contributed by atoms with Gasteiger partial charge in [-0.3, -0.25) is 14.9 Å². The molecule has 0 fully saturated rings. The molecular weight excluding hydrogens is 414 g/mol. The van der Waals surface area contributed by atoms with E-state index in [-0.39, 0.29) is 22.7 Å².